The number of rotatable bonds is 4. The summed E-state index contributed by atoms with van der Waals surface area (Å²) >= 11 is 0. The second-order valence-electron chi connectivity index (χ2n) is 9.40. The first-order valence-electron chi connectivity index (χ1n) is 12.1. The Bertz CT molecular complexity index is 1710. The molecule has 0 saturated heterocycles. The Morgan fingerprint density at radius 2 is 1.44 bits per heavy atom. The van der Waals surface area contributed by atoms with Crippen molar-refractivity contribution in [2.75, 3.05) is 0 Å². The van der Waals surface area contributed by atoms with Gasteiger partial charge >= 0.3 is 0 Å². The minimum absolute atomic E-state index is 0.845. The van der Waals surface area contributed by atoms with Crippen LogP contribution in [0.2, 0.25) is 0 Å². The van der Waals surface area contributed by atoms with Crippen LogP contribution in [0.15, 0.2) is 108 Å². The normalized spacial score (nSPS) is 11.2. The first-order valence-corrected chi connectivity index (χ1v) is 12.1. The number of hydrogen-bond donors (Lipinski definition) is 0. The van der Waals surface area contributed by atoms with Crippen molar-refractivity contribution in [1.82, 2.24) is 9.97 Å². The van der Waals surface area contributed by atoms with E-state index in [0.29, 0.717) is 0 Å². The molecule has 0 bridgehead atoms. The fourth-order valence-electron chi connectivity index (χ4n) is 4.91. The molecule has 3 aromatic carbocycles. The van der Waals surface area contributed by atoms with E-state index in [1.807, 2.05) is 24.4 Å². The van der Waals surface area contributed by atoms with Gasteiger partial charge in [-0.1, -0.05) is 35.9 Å². The van der Waals surface area contributed by atoms with Crippen LogP contribution in [0.25, 0.3) is 55.8 Å². The Labute approximate surface area is 211 Å². The van der Waals surface area contributed by atoms with Gasteiger partial charge in [0, 0.05) is 35.1 Å². The van der Waals surface area contributed by atoms with Gasteiger partial charge in [0.2, 0.25) is 0 Å². The van der Waals surface area contributed by atoms with Gasteiger partial charge < -0.3 is 4.42 Å². The number of pyridine rings is 2. The Balaban J connectivity index is 1.56. The molecular formula is C33H26N2O. The van der Waals surface area contributed by atoms with Gasteiger partial charge in [-0.2, -0.15) is 0 Å². The molecule has 0 spiro atoms. The van der Waals surface area contributed by atoms with Crippen molar-refractivity contribution in [3.63, 3.8) is 0 Å². The number of aryl methyl sites for hydroxylation is 3. The quantitative estimate of drug-likeness (QED) is 0.260. The molecule has 0 aliphatic rings. The topological polar surface area (TPSA) is 38.9 Å². The fraction of sp³-hybridized carbons (Fsp3) is 0.0909. The van der Waals surface area contributed by atoms with Crippen molar-refractivity contribution in [2.24, 2.45) is 0 Å². The lowest BCUT2D eigenvalue weighted by molar-refractivity contribution is 0.631. The van der Waals surface area contributed by atoms with E-state index in [4.69, 9.17) is 4.42 Å². The van der Waals surface area contributed by atoms with E-state index in [9.17, 15) is 0 Å². The third-order valence-electron chi connectivity index (χ3n) is 6.65. The molecule has 6 rings (SSSR count). The average molecular weight is 467 g/mol. The van der Waals surface area contributed by atoms with Crippen molar-refractivity contribution in [1.29, 1.82) is 0 Å². The maximum Gasteiger partial charge on any atom is 0.135 e. The summed E-state index contributed by atoms with van der Waals surface area (Å²) in [4.78, 5) is 8.79. The van der Waals surface area contributed by atoms with Crippen molar-refractivity contribution >= 4 is 11.0 Å². The molecule has 3 heteroatoms. The van der Waals surface area contributed by atoms with Crippen LogP contribution in [0, 0.1) is 20.8 Å². The van der Waals surface area contributed by atoms with Crippen LogP contribution in [0.5, 0.6) is 0 Å². The third-order valence-corrected chi connectivity index (χ3v) is 6.65. The second-order valence-corrected chi connectivity index (χ2v) is 9.40. The zero-order valence-electron chi connectivity index (χ0n) is 20.6. The maximum absolute atomic E-state index is 6.17. The summed E-state index contributed by atoms with van der Waals surface area (Å²) in [6, 6.07) is 29.9. The molecule has 0 radical (unpaired) electrons. The van der Waals surface area contributed by atoms with E-state index < -0.39 is 0 Å². The lowest BCUT2D eigenvalue weighted by Crippen LogP contribution is -1.93. The Morgan fingerprint density at radius 1 is 0.611 bits per heavy atom. The van der Waals surface area contributed by atoms with Gasteiger partial charge in [0.1, 0.15) is 11.3 Å². The van der Waals surface area contributed by atoms with Gasteiger partial charge in [0.15, 0.2) is 0 Å². The molecule has 3 aromatic heterocycles. The van der Waals surface area contributed by atoms with E-state index in [1.54, 1.807) is 12.4 Å². The van der Waals surface area contributed by atoms with Crippen LogP contribution in [0.4, 0.5) is 0 Å². The highest BCUT2D eigenvalue weighted by Crippen LogP contribution is 2.40. The van der Waals surface area contributed by atoms with E-state index >= 15 is 0 Å². The number of furan rings is 1. The maximum atomic E-state index is 6.17. The van der Waals surface area contributed by atoms with E-state index in [0.717, 1.165) is 39.1 Å². The van der Waals surface area contributed by atoms with Gasteiger partial charge in [-0.15, -0.1) is 0 Å². The molecule has 6 aromatic rings. The summed E-state index contributed by atoms with van der Waals surface area (Å²) in [5.41, 5.74) is 12.5. The fourth-order valence-corrected chi connectivity index (χ4v) is 4.91. The summed E-state index contributed by atoms with van der Waals surface area (Å²) in [7, 11) is 0. The highest BCUT2D eigenvalue weighted by molar-refractivity contribution is 5.93. The Hall–Kier alpha value is -4.50. The summed E-state index contributed by atoms with van der Waals surface area (Å²) < 4.78 is 6.17. The van der Waals surface area contributed by atoms with Gasteiger partial charge in [-0.3, -0.25) is 9.97 Å². The first-order chi connectivity index (χ1) is 17.5. The van der Waals surface area contributed by atoms with Crippen LogP contribution >= 0.6 is 0 Å². The zero-order chi connectivity index (χ0) is 24.6. The number of benzene rings is 3. The van der Waals surface area contributed by atoms with Crippen molar-refractivity contribution in [3.05, 3.63) is 120 Å². The molecule has 0 unspecified atom stereocenters. The van der Waals surface area contributed by atoms with E-state index in [-0.39, 0.29) is 0 Å². The molecule has 0 N–H and O–H groups in total. The van der Waals surface area contributed by atoms with Gasteiger partial charge in [0.25, 0.3) is 0 Å². The number of hydrogen-bond acceptors (Lipinski definition) is 3. The standard InChI is InChI=1S/C33H26N2O/c1-21-5-4-6-26(15-21)33-23(3)17-27(30-16-22(2)9-14-35-30)19-29(33)25-7-8-31-28(18-25)20-32(36-31)24-10-12-34-13-11-24/h4-20H,1-3H3. The van der Waals surface area contributed by atoms with Crippen molar-refractivity contribution in [3.8, 4) is 44.8 Å². The molecule has 0 amide bonds. The predicted molar refractivity (Wildman–Crippen MR) is 148 cm³/mol. The molecule has 3 heterocycles. The first kappa shape index (κ1) is 22.0. The summed E-state index contributed by atoms with van der Waals surface area (Å²) in [6.07, 6.45) is 5.46. The number of nitrogens with zero attached hydrogens (tertiary/aromatic N) is 2. The van der Waals surface area contributed by atoms with E-state index in [2.05, 4.69) is 97.5 Å². The summed E-state index contributed by atoms with van der Waals surface area (Å²) in [5, 5.41) is 1.08. The highest BCUT2D eigenvalue weighted by atomic mass is 16.3. The van der Waals surface area contributed by atoms with Crippen LogP contribution in [-0.2, 0) is 0 Å². The van der Waals surface area contributed by atoms with Gasteiger partial charge in [-0.05, 0) is 109 Å². The molecule has 0 fully saturated rings. The Morgan fingerprint density at radius 3 is 2.25 bits per heavy atom. The monoisotopic (exact) mass is 466 g/mol. The van der Waals surface area contributed by atoms with E-state index in [1.165, 1.54) is 33.4 Å². The smallest absolute Gasteiger partial charge is 0.135 e. The molecule has 0 saturated carbocycles. The molecule has 36 heavy (non-hydrogen) atoms. The van der Waals surface area contributed by atoms with Crippen molar-refractivity contribution < 1.29 is 4.42 Å². The molecule has 0 aliphatic heterocycles. The molecule has 0 aliphatic carbocycles. The SMILES string of the molecule is Cc1cccc(-c2c(C)cc(-c3cc(C)ccn3)cc2-c2ccc3oc(-c4ccncc4)cc3c2)c1. The van der Waals surface area contributed by atoms with Crippen LogP contribution in [0.3, 0.4) is 0 Å². The number of aromatic nitrogens is 2. The largest absolute Gasteiger partial charge is 0.456 e. The average Bonchev–Trinajstić information content (AvgIpc) is 3.32. The Kier molecular flexibility index (Phi) is 5.46. The van der Waals surface area contributed by atoms with Gasteiger partial charge in [-0.25, -0.2) is 0 Å². The number of fused-ring (bicyclic) bond motifs is 1. The lowest BCUT2D eigenvalue weighted by atomic mass is 9.87. The van der Waals surface area contributed by atoms with Gasteiger partial charge in [0.05, 0.1) is 5.69 Å². The summed E-state index contributed by atoms with van der Waals surface area (Å²) in [5.74, 6) is 0.845. The lowest BCUT2D eigenvalue weighted by Gasteiger charge is -2.17. The molecule has 0 atom stereocenters. The second kappa shape index (κ2) is 8.94. The third kappa shape index (κ3) is 4.09. The van der Waals surface area contributed by atoms with Crippen LogP contribution in [-0.4, -0.2) is 9.97 Å². The van der Waals surface area contributed by atoms with Crippen LogP contribution in [0.1, 0.15) is 16.7 Å². The van der Waals surface area contributed by atoms with Crippen LogP contribution < -0.4 is 0 Å². The molecule has 174 valence electrons. The zero-order valence-corrected chi connectivity index (χ0v) is 20.6. The molecular weight excluding hydrogens is 440 g/mol. The van der Waals surface area contributed by atoms with Crippen molar-refractivity contribution in [2.45, 2.75) is 20.8 Å². The predicted octanol–water partition coefficient (Wildman–Crippen LogP) is 8.82. The highest BCUT2D eigenvalue weighted by Gasteiger charge is 2.16. The minimum atomic E-state index is 0.845. The molecule has 3 nitrogen and oxygen atoms in total. The summed E-state index contributed by atoms with van der Waals surface area (Å²) in [6.45, 7) is 6.44. The minimum Gasteiger partial charge on any atom is -0.456 e.